The number of fused-ring (bicyclic) bond motifs is 3. The minimum atomic E-state index is 0.510. The van der Waals surface area contributed by atoms with Gasteiger partial charge in [0.1, 0.15) is 0 Å². The van der Waals surface area contributed by atoms with Crippen molar-refractivity contribution in [2.45, 2.75) is 63.9 Å². The van der Waals surface area contributed by atoms with Crippen LogP contribution in [-0.4, -0.2) is 10.5 Å². The van der Waals surface area contributed by atoms with Crippen molar-refractivity contribution >= 4 is 23.5 Å². The SMILES string of the molecule is CC1=CC2C3C=C(C)SC3C(C(C)(C)C3CCCC3)C2S1. The van der Waals surface area contributed by atoms with Gasteiger partial charge in [-0.15, -0.1) is 23.5 Å². The summed E-state index contributed by atoms with van der Waals surface area (Å²) in [6.07, 6.45) is 11.1. The van der Waals surface area contributed by atoms with Crippen LogP contribution in [0.3, 0.4) is 0 Å². The Bertz CT molecular complexity index is 464. The van der Waals surface area contributed by atoms with E-state index < -0.39 is 0 Å². The number of hydrogen-bond acceptors (Lipinski definition) is 2. The van der Waals surface area contributed by atoms with Gasteiger partial charge in [0.25, 0.3) is 0 Å². The van der Waals surface area contributed by atoms with E-state index in [-0.39, 0.29) is 0 Å². The standard InChI is InChI=1S/C19H28S2/c1-11-9-14-15-10-12(2)21-18(15)16(17(14)20-11)19(3,4)13-7-5-6-8-13/h9-10,13-18H,5-8H2,1-4H3. The molecule has 0 bridgehead atoms. The van der Waals surface area contributed by atoms with Crippen molar-refractivity contribution in [2.24, 2.45) is 29.1 Å². The van der Waals surface area contributed by atoms with Gasteiger partial charge in [-0.05, 0) is 65.6 Å². The van der Waals surface area contributed by atoms with Gasteiger partial charge in [0.05, 0.1) is 0 Å². The van der Waals surface area contributed by atoms with Crippen LogP contribution < -0.4 is 0 Å². The van der Waals surface area contributed by atoms with Crippen LogP contribution in [-0.2, 0) is 0 Å². The molecule has 116 valence electrons. The monoisotopic (exact) mass is 320 g/mol. The van der Waals surface area contributed by atoms with Gasteiger partial charge in [0.15, 0.2) is 0 Å². The van der Waals surface area contributed by atoms with Crippen molar-refractivity contribution in [1.29, 1.82) is 0 Å². The van der Waals surface area contributed by atoms with Crippen LogP contribution >= 0.6 is 23.5 Å². The number of rotatable bonds is 2. The Hall–Kier alpha value is 0.180. The van der Waals surface area contributed by atoms with Crippen LogP contribution in [0.15, 0.2) is 22.0 Å². The van der Waals surface area contributed by atoms with Crippen molar-refractivity contribution in [2.75, 3.05) is 0 Å². The molecule has 21 heavy (non-hydrogen) atoms. The smallest absolute Gasteiger partial charge is 0.0204 e. The summed E-state index contributed by atoms with van der Waals surface area (Å²) >= 11 is 4.41. The Kier molecular flexibility index (Phi) is 3.58. The van der Waals surface area contributed by atoms with Gasteiger partial charge < -0.3 is 0 Å². The summed E-state index contributed by atoms with van der Waals surface area (Å²) in [5.74, 6) is 3.48. The highest BCUT2D eigenvalue weighted by atomic mass is 32.2. The fourth-order valence-corrected chi connectivity index (χ4v) is 9.26. The molecule has 2 aliphatic carbocycles. The number of hydrogen-bond donors (Lipinski definition) is 0. The molecule has 0 N–H and O–H groups in total. The lowest BCUT2D eigenvalue weighted by atomic mass is 9.67. The fraction of sp³-hybridized carbons (Fsp3) is 0.789. The molecule has 4 rings (SSSR count). The van der Waals surface area contributed by atoms with Crippen LogP contribution in [0.4, 0.5) is 0 Å². The molecule has 0 nitrogen and oxygen atoms in total. The molecule has 0 radical (unpaired) electrons. The van der Waals surface area contributed by atoms with Gasteiger partial charge in [-0.2, -0.15) is 0 Å². The molecule has 2 heteroatoms. The second-order valence-electron chi connectivity index (χ2n) is 8.20. The molecular formula is C19H28S2. The molecule has 0 spiro atoms. The molecule has 4 aliphatic rings. The highest BCUT2D eigenvalue weighted by Crippen LogP contribution is 2.65. The van der Waals surface area contributed by atoms with E-state index in [1.165, 1.54) is 25.7 Å². The lowest BCUT2D eigenvalue weighted by Crippen LogP contribution is -2.39. The minimum Gasteiger partial charge on any atom is -0.127 e. The summed E-state index contributed by atoms with van der Waals surface area (Å²) in [7, 11) is 0. The summed E-state index contributed by atoms with van der Waals surface area (Å²) in [6, 6.07) is 0. The van der Waals surface area contributed by atoms with E-state index in [1.807, 2.05) is 0 Å². The quantitative estimate of drug-likeness (QED) is 0.602. The van der Waals surface area contributed by atoms with Gasteiger partial charge in [0.2, 0.25) is 0 Å². The molecule has 0 saturated heterocycles. The van der Waals surface area contributed by atoms with Crippen molar-refractivity contribution in [3.8, 4) is 0 Å². The Labute approximate surface area is 138 Å². The predicted octanol–water partition coefficient (Wildman–Crippen LogP) is 6.10. The molecule has 0 aromatic heterocycles. The number of thioether (sulfide) groups is 2. The van der Waals surface area contributed by atoms with Gasteiger partial charge in [-0.3, -0.25) is 0 Å². The zero-order valence-electron chi connectivity index (χ0n) is 13.8. The lowest BCUT2D eigenvalue weighted by molar-refractivity contribution is 0.125. The van der Waals surface area contributed by atoms with E-state index in [9.17, 15) is 0 Å². The summed E-state index contributed by atoms with van der Waals surface area (Å²) in [5, 5.41) is 1.71. The van der Waals surface area contributed by atoms with Gasteiger partial charge in [-0.1, -0.05) is 38.8 Å². The fourth-order valence-electron chi connectivity index (χ4n) is 5.66. The second-order valence-corrected chi connectivity index (χ2v) is 11.1. The van der Waals surface area contributed by atoms with Crippen LogP contribution in [0.2, 0.25) is 0 Å². The number of allylic oxidation sites excluding steroid dienone is 4. The van der Waals surface area contributed by atoms with Crippen molar-refractivity contribution in [1.82, 2.24) is 0 Å². The van der Waals surface area contributed by atoms with Crippen LogP contribution in [0, 0.1) is 29.1 Å². The van der Waals surface area contributed by atoms with E-state index in [0.717, 1.165) is 34.2 Å². The Morgan fingerprint density at radius 1 is 0.905 bits per heavy atom. The third kappa shape index (κ3) is 2.19. The van der Waals surface area contributed by atoms with E-state index in [1.54, 1.807) is 9.81 Å². The lowest BCUT2D eigenvalue weighted by Gasteiger charge is -2.43. The topological polar surface area (TPSA) is 0 Å². The first-order valence-electron chi connectivity index (χ1n) is 8.68. The Morgan fingerprint density at radius 2 is 1.38 bits per heavy atom. The molecule has 0 aromatic rings. The molecular weight excluding hydrogens is 292 g/mol. The maximum absolute atomic E-state index is 2.61. The molecule has 2 fully saturated rings. The highest BCUT2D eigenvalue weighted by Gasteiger charge is 2.59. The zero-order chi connectivity index (χ0) is 14.8. The average molecular weight is 321 g/mol. The zero-order valence-corrected chi connectivity index (χ0v) is 15.4. The molecule has 2 aliphatic heterocycles. The first-order valence-corrected chi connectivity index (χ1v) is 10.4. The minimum absolute atomic E-state index is 0.510. The predicted molar refractivity (Wildman–Crippen MR) is 96.5 cm³/mol. The Balaban J connectivity index is 1.68. The van der Waals surface area contributed by atoms with Crippen molar-refractivity contribution in [3.05, 3.63) is 22.0 Å². The van der Waals surface area contributed by atoms with Crippen LogP contribution in [0.25, 0.3) is 0 Å². The van der Waals surface area contributed by atoms with Gasteiger partial charge in [-0.25, -0.2) is 0 Å². The molecule has 4 atom stereocenters. The molecule has 0 amide bonds. The summed E-state index contributed by atoms with van der Waals surface area (Å²) in [6.45, 7) is 9.87. The maximum atomic E-state index is 2.61. The summed E-state index contributed by atoms with van der Waals surface area (Å²) in [5.41, 5.74) is 0.510. The molecule has 4 unspecified atom stereocenters. The average Bonchev–Trinajstić information content (AvgIpc) is 3.10. The summed E-state index contributed by atoms with van der Waals surface area (Å²) < 4.78 is 0. The highest BCUT2D eigenvalue weighted by molar-refractivity contribution is 8.05. The molecule has 2 saturated carbocycles. The van der Waals surface area contributed by atoms with E-state index in [0.29, 0.717) is 5.41 Å². The largest absolute Gasteiger partial charge is 0.127 e. The van der Waals surface area contributed by atoms with E-state index in [2.05, 4.69) is 63.4 Å². The first-order chi connectivity index (χ1) is 9.98. The van der Waals surface area contributed by atoms with Crippen molar-refractivity contribution < 1.29 is 0 Å². The third-order valence-corrected chi connectivity index (χ3v) is 9.45. The van der Waals surface area contributed by atoms with E-state index >= 15 is 0 Å². The third-order valence-electron chi connectivity index (χ3n) is 6.68. The Morgan fingerprint density at radius 3 is 1.86 bits per heavy atom. The second kappa shape index (κ2) is 5.09. The summed E-state index contributed by atoms with van der Waals surface area (Å²) in [4.78, 5) is 3.16. The van der Waals surface area contributed by atoms with Crippen LogP contribution in [0.5, 0.6) is 0 Å². The molecule has 0 aromatic carbocycles. The van der Waals surface area contributed by atoms with Gasteiger partial charge in [0, 0.05) is 10.5 Å². The molecule has 2 heterocycles. The van der Waals surface area contributed by atoms with Crippen LogP contribution in [0.1, 0.15) is 53.4 Å². The van der Waals surface area contributed by atoms with E-state index in [4.69, 9.17) is 0 Å². The van der Waals surface area contributed by atoms with Crippen molar-refractivity contribution in [3.63, 3.8) is 0 Å². The normalized spacial score (nSPS) is 43.0. The first kappa shape index (κ1) is 14.8. The maximum Gasteiger partial charge on any atom is 0.0204 e. The van der Waals surface area contributed by atoms with Gasteiger partial charge >= 0.3 is 0 Å².